The van der Waals surface area contributed by atoms with E-state index in [0.717, 1.165) is 0 Å². The van der Waals surface area contributed by atoms with Crippen LogP contribution in [0.4, 0.5) is 18.9 Å². The van der Waals surface area contributed by atoms with E-state index >= 15 is 0 Å². The summed E-state index contributed by atoms with van der Waals surface area (Å²) >= 11 is 3.22. The molecule has 0 fully saturated rings. The predicted octanol–water partition coefficient (Wildman–Crippen LogP) is 3.64. The van der Waals surface area contributed by atoms with Crippen molar-refractivity contribution >= 4 is 33.2 Å². The fraction of sp³-hybridized carbons (Fsp3) is 0.176. The molecule has 26 heavy (non-hydrogen) atoms. The van der Waals surface area contributed by atoms with Crippen LogP contribution < -0.4 is 5.73 Å². The topological polar surface area (TPSA) is 78.9 Å². The molecule has 0 aliphatic carbocycles. The molecule has 1 aliphatic rings. The number of amides is 1. The smallest absolute Gasteiger partial charge is 0.399 e. The second-order valence-corrected chi connectivity index (χ2v) is 6.70. The van der Waals surface area contributed by atoms with Crippen LogP contribution in [0.15, 0.2) is 58.1 Å². The Hall–Kier alpha value is -2.39. The maximum Gasteiger partial charge on any atom is 0.431 e. The molecule has 1 aliphatic heterocycles. The molecule has 0 aromatic heterocycles. The zero-order valence-electron chi connectivity index (χ0n) is 13.2. The van der Waals surface area contributed by atoms with Crippen molar-refractivity contribution in [2.24, 2.45) is 5.10 Å². The molecule has 1 atom stereocenters. The number of aliphatic hydroxyl groups is 1. The summed E-state index contributed by atoms with van der Waals surface area (Å²) < 4.78 is 40.2. The van der Waals surface area contributed by atoms with Crippen molar-refractivity contribution in [2.45, 2.75) is 18.3 Å². The fourth-order valence-corrected chi connectivity index (χ4v) is 2.87. The van der Waals surface area contributed by atoms with Crippen molar-refractivity contribution in [2.75, 3.05) is 5.73 Å². The first-order chi connectivity index (χ1) is 12.1. The van der Waals surface area contributed by atoms with Crippen LogP contribution in [0.3, 0.4) is 0 Å². The minimum absolute atomic E-state index is 0.0573. The highest BCUT2D eigenvalue weighted by Crippen LogP contribution is 2.40. The molecule has 0 saturated heterocycles. The number of nitrogen functional groups attached to an aromatic ring is 1. The average molecular weight is 428 g/mol. The normalized spacial score (nSPS) is 20.2. The number of nitrogens with zero attached hydrogens (tertiary/aromatic N) is 2. The van der Waals surface area contributed by atoms with Crippen LogP contribution in [-0.4, -0.2) is 27.9 Å². The monoisotopic (exact) mass is 427 g/mol. The minimum Gasteiger partial charge on any atom is -0.399 e. The lowest BCUT2D eigenvalue weighted by molar-refractivity contribution is -0.0816. The Kier molecular flexibility index (Phi) is 4.53. The van der Waals surface area contributed by atoms with Gasteiger partial charge >= 0.3 is 6.18 Å². The third kappa shape index (κ3) is 3.32. The van der Waals surface area contributed by atoms with E-state index in [1.165, 1.54) is 36.4 Å². The molecule has 0 radical (unpaired) electrons. The molecule has 0 bridgehead atoms. The number of anilines is 1. The molecule has 2 aromatic rings. The molecule has 0 saturated carbocycles. The van der Waals surface area contributed by atoms with E-state index < -0.39 is 29.9 Å². The van der Waals surface area contributed by atoms with Gasteiger partial charge in [-0.1, -0.05) is 28.1 Å². The van der Waals surface area contributed by atoms with Gasteiger partial charge in [0, 0.05) is 21.3 Å². The lowest BCUT2D eigenvalue weighted by atomic mass is 9.96. The first kappa shape index (κ1) is 18.4. The molecule has 0 spiro atoms. The SMILES string of the molecule is Nc1ccc(C(=O)N2N=C(C(F)(F)F)C[C@@]2(O)c2ccc(Br)cc2)cc1. The molecule has 9 heteroatoms. The maximum atomic E-state index is 13.2. The maximum absolute atomic E-state index is 13.2. The van der Waals surface area contributed by atoms with Gasteiger partial charge in [-0.3, -0.25) is 4.79 Å². The summed E-state index contributed by atoms with van der Waals surface area (Å²) in [6, 6.07) is 11.6. The number of halogens is 4. The summed E-state index contributed by atoms with van der Waals surface area (Å²) in [7, 11) is 0. The van der Waals surface area contributed by atoms with Crippen LogP contribution in [0.1, 0.15) is 22.3 Å². The molecular formula is C17H13BrF3N3O2. The summed E-state index contributed by atoms with van der Waals surface area (Å²) in [6.07, 6.45) is -5.63. The van der Waals surface area contributed by atoms with E-state index in [1.54, 1.807) is 12.1 Å². The van der Waals surface area contributed by atoms with Gasteiger partial charge in [0.05, 0.1) is 6.42 Å². The third-order valence-electron chi connectivity index (χ3n) is 3.97. The summed E-state index contributed by atoms with van der Waals surface area (Å²) in [5, 5.41) is 14.9. The van der Waals surface area contributed by atoms with E-state index in [0.29, 0.717) is 15.2 Å². The lowest BCUT2D eigenvalue weighted by Crippen LogP contribution is -2.43. The number of hydrogen-bond acceptors (Lipinski definition) is 4. The number of rotatable bonds is 2. The highest BCUT2D eigenvalue weighted by atomic mass is 79.9. The van der Waals surface area contributed by atoms with Gasteiger partial charge in [0.2, 0.25) is 0 Å². The Morgan fingerprint density at radius 3 is 2.27 bits per heavy atom. The van der Waals surface area contributed by atoms with Crippen molar-refractivity contribution in [1.82, 2.24) is 5.01 Å². The Morgan fingerprint density at radius 2 is 1.73 bits per heavy atom. The van der Waals surface area contributed by atoms with Gasteiger partial charge in [0.1, 0.15) is 5.71 Å². The quantitative estimate of drug-likeness (QED) is 0.718. The molecule has 5 nitrogen and oxygen atoms in total. The van der Waals surface area contributed by atoms with Crippen LogP contribution in [0, 0.1) is 0 Å². The number of carbonyl (C=O) groups is 1. The third-order valence-corrected chi connectivity index (χ3v) is 4.50. The average Bonchev–Trinajstić information content (AvgIpc) is 2.94. The summed E-state index contributed by atoms with van der Waals surface area (Å²) in [5.74, 6) is -0.866. The van der Waals surface area contributed by atoms with E-state index in [4.69, 9.17) is 5.73 Å². The Bertz CT molecular complexity index is 866. The number of nitrogens with two attached hydrogens (primary N) is 1. The number of hydrazone groups is 1. The second-order valence-electron chi connectivity index (χ2n) is 5.78. The molecule has 136 valence electrons. The highest BCUT2D eigenvalue weighted by Gasteiger charge is 2.53. The second kappa shape index (κ2) is 6.40. The first-order valence-electron chi connectivity index (χ1n) is 7.44. The van der Waals surface area contributed by atoms with Gasteiger partial charge in [0.25, 0.3) is 5.91 Å². The molecular weight excluding hydrogens is 415 g/mol. The van der Waals surface area contributed by atoms with Gasteiger partial charge in [-0.05, 0) is 36.4 Å². The van der Waals surface area contributed by atoms with Crippen LogP contribution >= 0.6 is 15.9 Å². The van der Waals surface area contributed by atoms with Gasteiger partial charge in [0.15, 0.2) is 5.72 Å². The molecule has 2 aromatic carbocycles. The minimum atomic E-state index is -4.76. The highest BCUT2D eigenvalue weighted by molar-refractivity contribution is 9.10. The van der Waals surface area contributed by atoms with Gasteiger partial charge in [-0.2, -0.15) is 23.3 Å². The van der Waals surface area contributed by atoms with Crippen molar-refractivity contribution in [3.63, 3.8) is 0 Å². The van der Waals surface area contributed by atoms with Gasteiger partial charge in [-0.15, -0.1) is 0 Å². The molecule has 0 unspecified atom stereocenters. The molecule has 3 rings (SSSR count). The standard InChI is InChI=1S/C17H13BrF3N3O2/c18-12-5-3-11(4-6-12)16(26)9-14(17(19,20)21)23-24(16)15(25)10-1-7-13(22)8-2-10/h1-8,26H,9,22H2/t16-/m1/s1. The summed E-state index contributed by atoms with van der Waals surface area (Å²) in [4.78, 5) is 12.7. The van der Waals surface area contributed by atoms with Gasteiger partial charge < -0.3 is 10.8 Å². The zero-order chi connectivity index (χ0) is 19.1. The summed E-state index contributed by atoms with van der Waals surface area (Å²) in [5.41, 5.74) is 2.66. The zero-order valence-corrected chi connectivity index (χ0v) is 14.8. The number of alkyl halides is 3. The van der Waals surface area contributed by atoms with Gasteiger partial charge in [-0.25, -0.2) is 0 Å². The van der Waals surface area contributed by atoms with Crippen LogP contribution in [0.2, 0.25) is 0 Å². The van der Waals surface area contributed by atoms with Crippen molar-refractivity contribution in [3.8, 4) is 0 Å². The number of carbonyl (C=O) groups excluding carboxylic acids is 1. The molecule has 1 heterocycles. The Morgan fingerprint density at radius 1 is 1.15 bits per heavy atom. The lowest BCUT2D eigenvalue weighted by Gasteiger charge is -2.31. The van der Waals surface area contributed by atoms with Crippen LogP contribution in [-0.2, 0) is 5.72 Å². The predicted molar refractivity (Wildman–Crippen MR) is 93.2 cm³/mol. The van der Waals surface area contributed by atoms with Crippen molar-refractivity contribution in [1.29, 1.82) is 0 Å². The first-order valence-corrected chi connectivity index (χ1v) is 8.24. The van der Waals surface area contributed by atoms with Crippen LogP contribution in [0.5, 0.6) is 0 Å². The van der Waals surface area contributed by atoms with E-state index in [9.17, 15) is 23.1 Å². The number of benzene rings is 2. The van der Waals surface area contributed by atoms with Crippen LogP contribution in [0.25, 0.3) is 0 Å². The fourth-order valence-electron chi connectivity index (χ4n) is 2.61. The molecule has 3 N–H and O–H groups in total. The van der Waals surface area contributed by atoms with Crippen molar-refractivity contribution < 1.29 is 23.1 Å². The Balaban J connectivity index is 2.06. The van der Waals surface area contributed by atoms with E-state index in [2.05, 4.69) is 21.0 Å². The van der Waals surface area contributed by atoms with E-state index in [-0.39, 0.29) is 11.1 Å². The van der Waals surface area contributed by atoms with E-state index in [1.807, 2.05) is 0 Å². The molecule has 1 amide bonds. The largest absolute Gasteiger partial charge is 0.431 e. The van der Waals surface area contributed by atoms with Crippen molar-refractivity contribution in [3.05, 3.63) is 64.1 Å². The Labute approximate surface area is 155 Å². The number of hydrogen-bond donors (Lipinski definition) is 2. The summed E-state index contributed by atoms with van der Waals surface area (Å²) in [6.45, 7) is 0.